The molecule has 0 spiro atoms. The zero-order chi connectivity index (χ0) is 24.8. The van der Waals surface area contributed by atoms with Crippen molar-refractivity contribution >= 4 is 22.4 Å². The number of unbranched alkanes of at least 4 members (excludes halogenated alkanes) is 1. The van der Waals surface area contributed by atoms with Gasteiger partial charge in [-0.25, -0.2) is 0 Å². The van der Waals surface area contributed by atoms with Gasteiger partial charge in [0.1, 0.15) is 11.4 Å². The highest BCUT2D eigenvalue weighted by Gasteiger charge is 2.13. The van der Waals surface area contributed by atoms with E-state index in [0.717, 1.165) is 41.1 Å². The first-order valence-corrected chi connectivity index (χ1v) is 12.3. The normalized spacial score (nSPS) is 11.7. The third-order valence-electron chi connectivity index (χ3n) is 5.30. The van der Waals surface area contributed by atoms with Crippen molar-refractivity contribution in [2.75, 3.05) is 20.3 Å². The Morgan fingerprint density at radius 2 is 1.83 bits per heavy atom. The Bertz CT molecular complexity index is 1480. The van der Waals surface area contributed by atoms with Crippen molar-refractivity contribution in [1.82, 2.24) is 14.6 Å². The van der Waals surface area contributed by atoms with Gasteiger partial charge in [0.05, 0.1) is 24.9 Å². The number of nitrogens with zero attached hydrogens (tertiary/aromatic N) is 3. The average Bonchev–Trinajstić information content (AvgIpc) is 3.15. The van der Waals surface area contributed by atoms with Crippen LogP contribution in [0.4, 0.5) is 0 Å². The third kappa shape index (κ3) is 5.68. The molecule has 0 aliphatic rings. The zero-order valence-electron chi connectivity index (χ0n) is 19.9. The summed E-state index contributed by atoms with van der Waals surface area (Å²) >= 11 is 1.13. The zero-order valence-corrected chi connectivity index (χ0v) is 20.8. The van der Waals surface area contributed by atoms with E-state index in [1.54, 1.807) is 13.2 Å². The van der Waals surface area contributed by atoms with Crippen LogP contribution in [0.5, 0.6) is 17.2 Å². The van der Waals surface area contributed by atoms with Gasteiger partial charge in [0.15, 0.2) is 11.5 Å². The van der Waals surface area contributed by atoms with Crippen LogP contribution in [0.2, 0.25) is 0 Å². The second-order valence-corrected chi connectivity index (χ2v) is 8.85. The van der Waals surface area contributed by atoms with Crippen molar-refractivity contribution in [3.63, 3.8) is 0 Å². The van der Waals surface area contributed by atoms with Gasteiger partial charge >= 0.3 is 0 Å². The van der Waals surface area contributed by atoms with Crippen molar-refractivity contribution in [3.05, 3.63) is 84.5 Å². The van der Waals surface area contributed by atoms with Gasteiger partial charge in [0.2, 0.25) is 4.96 Å². The Kier molecular flexibility index (Phi) is 7.77. The number of hydrogen-bond donors (Lipinski definition) is 0. The first-order chi connectivity index (χ1) is 17.0. The maximum absolute atomic E-state index is 13.0. The Morgan fingerprint density at radius 3 is 2.54 bits per heavy atom. The molecule has 0 atom stereocenters. The molecule has 0 fully saturated rings. The second kappa shape index (κ2) is 11.1. The van der Waals surface area contributed by atoms with Crippen LogP contribution in [0, 0.1) is 0 Å². The third-order valence-corrected chi connectivity index (χ3v) is 6.26. The molecular formula is C26H27N3O5S. The van der Waals surface area contributed by atoms with Crippen LogP contribution in [-0.4, -0.2) is 34.9 Å². The maximum Gasteiger partial charge on any atom is 0.296 e. The largest absolute Gasteiger partial charge is 0.497 e. The topological polar surface area (TPSA) is 92.0 Å². The van der Waals surface area contributed by atoms with E-state index in [2.05, 4.69) is 17.0 Å². The molecule has 0 radical (unpaired) electrons. The fourth-order valence-corrected chi connectivity index (χ4v) is 4.37. The summed E-state index contributed by atoms with van der Waals surface area (Å²) in [6.07, 6.45) is 4.01. The van der Waals surface area contributed by atoms with Crippen LogP contribution < -0.4 is 29.9 Å². The van der Waals surface area contributed by atoms with E-state index in [-0.39, 0.29) is 22.6 Å². The Labute approximate surface area is 206 Å². The summed E-state index contributed by atoms with van der Waals surface area (Å²) in [5.41, 5.74) is 1.09. The minimum atomic E-state index is -0.444. The predicted octanol–water partition coefficient (Wildman–Crippen LogP) is 3.24. The van der Waals surface area contributed by atoms with E-state index in [1.807, 2.05) is 49.4 Å². The van der Waals surface area contributed by atoms with Crippen LogP contribution in [0.1, 0.15) is 43.5 Å². The summed E-state index contributed by atoms with van der Waals surface area (Å²) in [4.78, 5) is 30.0. The molecule has 182 valence electrons. The van der Waals surface area contributed by atoms with Gasteiger partial charge in [-0.2, -0.15) is 14.6 Å². The predicted molar refractivity (Wildman–Crippen MR) is 136 cm³/mol. The van der Waals surface area contributed by atoms with E-state index >= 15 is 0 Å². The molecule has 4 aromatic rings. The number of benzene rings is 2. The van der Waals surface area contributed by atoms with Crippen molar-refractivity contribution in [1.29, 1.82) is 0 Å². The van der Waals surface area contributed by atoms with Gasteiger partial charge < -0.3 is 14.2 Å². The van der Waals surface area contributed by atoms with Crippen LogP contribution in [0.25, 0.3) is 11.0 Å². The van der Waals surface area contributed by atoms with Gasteiger partial charge in [-0.05, 0) is 54.8 Å². The van der Waals surface area contributed by atoms with Gasteiger partial charge in [-0.3, -0.25) is 9.59 Å². The van der Waals surface area contributed by atoms with Gasteiger partial charge in [-0.15, -0.1) is 0 Å². The fourth-order valence-electron chi connectivity index (χ4n) is 3.47. The highest BCUT2D eigenvalue weighted by Crippen LogP contribution is 2.29. The first kappa shape index (κ1) is 24.4. The summed E-state index contributed by atoms with van der Waals surface area (Å²) in [5, 5.41) is 4.32. The molecule has 2 aromatic carbocycles. The standard InChI is InChI=1S/C26H27N3O5S/c1-4-6-13-34-21-12-9-18(15-22(21)33-5-2)16-23-25(31)29-26(35-23)27-24(30)20(28-29)14-17-7-10-19(32-3)11-8-17/h7-12,15-16H,4-6,13-14H2,1-3H3/b23-16+. The molecule has 2 heterocycles. The van der Waals surface area contributed by atoms with E-state index in [4.69, 9.17) is 14.2 Å². The average molecular weight is 494 g/mol. The highest BCUT2D eigenvalue weighted by atomic mass is 32.1. The number of fused-ring (bicyclic) bond motifs is 1. The highest BCUT2D eigenvalue weighted by molar-refractivity contribution is 7.15. The van der Waals surface area contributed by atoms with Crippen molar-refractivity contribution in [2.45, 2.75) is 33.1 Å². The van der Waals surface area contributed by atoms with E-state index in [9.17, 15) is 9.59 Å². The lowest BCUT2D eigenvalue weighted by Gasteiger charge is -2.12. The molecule has 0 N–H and O–H groups in total. The Balaban J connectivity index is 1.67. The maximum atomic E-state index is 13.0. The molecule has 9 heteroatoms. The number of thiazole rings is 1. The van der Waals surface area contributed by atoms with Crippen molar-refractivity contribution in [3.8, 4) is 17.2 Å². The number of methoxy groups -OCH3 is 1. The lowest BCUT2D eigenvalue weighted by atomic mass is 10.1. The van der Waals surface area contributed by atoms with Gasteiger partial charge in [-0.1, -0.05) is 42.9 Å². The molecule has 2 aromatic heterocycles. The molecule has 0 saturated heterocycles. The van der Waals surface area contributed by atoms with Gasteiger partial charge in [0, 0.05) is 6.42 Å². The number of ether oxygens (including phenoxy) is 3. The molecular weight excluding hydrogens is 466 g/mol. The molecule has 0 aliphatic carbocycles. The fraction of sp³-hybridized carbons (Fsp3) is 0.308. The van der Waals surface area contributed by atoms with Gasteiger partial charge in [0.25, 0.3) is 11.1 Å². The number of rotatable bonds is 10. The quantitative estimate of drug-likeness (QED) is 0.313. The van der Waals surface area contributed by atoms with E-state index < -0.39 is 5.56 Å². The van der Waals surface area contributed by atoms with Crippen molar-refractivity contribution in [2.24, 2.45) is 0 Å². The number of aromatic nitrogens is 3. The number of hydrogen-bond acceptors (Lipinski definition) is 8. The molecule has 8 nitrogen and oxygen atoms in total. The van der Waals surface area contributed by atoms with Crippen LogP contribution in [-0.2, 0) is 6.42 Å². The molecule has 0 aliphatic heterocycles. The van der Waals surface area contributed by atoms with Crippen LogP contribution in [0.3, 0.4) is 0 Å². The minimum Gasteiger partial charge on any atom is -0.497 e. The summed E-state index contributed by atoms with van der Waals surface area (Å²) in [6.45, 7) is 5.13. The van der Waals surface area contributed by atoms with E-state index in [0.29, 0.717) is 29.2 Å². The molecule has 0 unspecified atom stereocenters. The molecule has 0 saturated carbocycles. The molecule has 0 amide bonds. The summed E-state index contributed by atoms with van der Waals surface area (Å²) in [7, 11) is 1.59. The Morgan fingerprint density at radius 1 is 1.03 bits per heavy atom. The lowest BCUT2D eigenvalue weighted by molar-refractivity contribution is 0.272. The summed E-state index contributed by atoms with van der Waals surface area (Å²) in [6, 6.07) is 12.9. The van der Waals surface area contributed by atoms with E-state index in [1.165, 1.54) is 4.52 Å². The summed E-state index contributed by atoms with van der Waals surface area (Å²) < 4.78 is 18.4. The van der Waals surface area contributed by atoms with Crippen molar-refractivity contribution < 1.29 is 14.2 Å². The molecule has 0 bridgehead atoms. The second-order valence-electron chi connectivity index (χ2n) is 7.84. The lowest BCUT2D eigenvalue weighted by Crippen LogP contribution is -2.28. The first-order valence-electron chi connectivity index (χ1n) is 11.5. The SMILES string of the molecule is CCCCOc1ccc(/C=c2/sc3nc(=O)c(Cc4ccc(OC)cc4)nn3c2=O)cc1OCC. The van der Waals surface area contributed by atoms with Crippen LogP contribution >= 0.6 is 11.3 Å². The molecule has 4 rings (SSSR count). The summed E-state index contributed by atoms with van der Waals surface area (Å²) in [5.74, 6) is 2.02. The smallest absolute Gasteiger partial charge is 0.296 e. The minimum absolute atomic E-state index is 0.210. The Hall–Kier alpha value is -3.72. The molecule has 35 heavy (non-hydrogen) atoms. The van der Waals surface area contributed by atoms with Crippen LogP contribution in [0.15, 0.2) is 52.1 Å². The monoisotopic (exact) mass is 493 g/mol.